The number of allylic oxidation sites excluding steroid dienone is 1. The van der Waals surface area contributed by atoms with E-state index in [4.69, 9.17) is 20.8 Å². The number of nitrogens with one attached hydrogen (secondary N) is 1. The Balaban J connectivity index is 1.62. The van der Waals surface area contributed by atoms with Crippen molar-refractivity contribution in [2.75, 3.05) is 13.2 Å². The molecule has 1 aliphatic heterocycles. The summed E-state index contributed by atoms with van der Waals surface area (Å²) in [6, 6.07) is 11.2. The van der Waals surface area contributed by atoms with Gasteiger partial charge in [-0.1, -0.05) is 42.7 Å². The van der Waals surface area contributed by atoms with Crippen LogP contribution in [0.5, 0.6) is 0 Å². The minimum Gasteiger partial charge on any atom is -0.465 e. The van der Waals surface area contributed by atoms with Gasteiger partial charge in [-0.15, -0.1) is 0 Å². The molecule has 1 aromatic heterocycles. The van der Waals surface area contributed by atoms with Gasteiger partial charge in [0.1, 0.15) is 16.9 Å². The monoisotopic (exact) mass is 526 g/mol. The number of nitrogens with zero attached hydrogens (tertiary/aromatic N) is 1. The first-order valence-corrected chi connectivity index (χ1v) is 13.5. The summed E-state index contributed by atoms with van der Waals surface area (Å²) in [5, 5.41) is 3.52. The number of amides is 2. The van der Waals surface area contributed by atoms with Gasteiger partial charge in [0, 0.05) is 23.7 Å². The Morgan fingerprint density at radius 1 is 1.16 bits per heavy atom. The number of esters is 1. The van der Waals surface area contributed by atoms with Gasteiger partial charge < -0.3 is 19.4 Å². The van der Waals surface area contributed by atoms with E-state index in [1.165, 1.54) is 0 Å². The van der Waals surface area contributed by atoms with Crippen LogP contribution in [0.3, 0.4) is 0 Å². The molecule has 2 amide bonds. The van der Waals surface area contributed by atoms with Gasteiger partial charge in [0.05, 0.1) is 19.1 Å². The lowest BCUT2D eigenvalue weighted by Gasteiger charge is -2.34. The smallest absolute Gasteiger partial charge is 0.318 e. The van der Waals surface area contributed by atoms with Crippen molar-refractivity contribution in [3.63, 3.8) is 0 Å². The van der Waals surface area contributed by atoms with Crippen LogP contribution in [0.15, 0.2) is 52.6 Å². The van der Waals surface area contributed by atoms with Crippen molar-refractivity contribution in [1.29, 1.82) is 0 Å². The van der Waals surface area contributed by atoms with Crippen molar-refractivity contribution in [2.24, 2.45) is 11.3 Å². The minimum atomic E-state index is -1.16. The molecular formula is C29H35ClN2O5. The number of fused-ring (bicyclic) bond motifs is 1. The zero-order valence-corrected chi connectivity index (χ0v) is 22.3. The Kier molecular flexibility index (Phi) is 8.75. The van der Waals surface area contributed by atoms with E-state index in [0.717, 1.165) is 37.0 Å². The van der Waals surface area contributed by atoms with Crippen LogP contribution in [0.25, 0.3) is 0 Å². The Labute approximate surface area is 223 Å². The van der Waals surface area contributed by atoms with E-state index in [-0.39, 0.29) is 31.4 Å². The number of benzene rings is 1. The number of likely N-dealkylation sites (tertiary alicyclic amines) is 1. The maximum Gasteiger partial charge on any atom is 0.318 e. The van der Waals surface area contributed by atoms with Crippen LogP contribution in [-0.4, -0.2) is 35.8 Å². The van der Waals surface area contributed by atoms with Crippen LogP contribution in [0.1, 0.15) is 62.5 Å². The molecule has 37 heavy (non-hydrogen) atoms. The van der Waals surface area contributed by atoms with Crippen molar-refractivity contribution in [3.05, 3.63) is 70.3 Å². The van der Waals surface area contributed by atoms with Gasteiger partial charge in [0.2, 0.25) is 11.8 Å². The van der Waals surface area contributed by atoms with Crippen molar-refractivity contribution in [2.45, 2.75) is 65.3 Å². The minimum absolute atomic E-state index is 0.0911. The van der Waals surface area contributed by atoms with Gasteiger partial charge in [-0.25, -0.2) is 0 Å². The molecule has 1 N–H and O–H groups in total. The van der Waals surface area contributed by atoms with Crippen LogP contribution < -0.4 is 5.32 Å². The van der Waals surface area contributed by atoms with Gasteiger partial charge in [0.25, 0.3) is 0 Å². The highest BCUT2D eigenvalue weighted by Gasteiger charge is 2.61. The first kappa shape index (κ1) is 27.0. The van der Waals surface area contributed by atoms with Crippen LogP contribution in [0, 0.1) is 18.3 Å². The van der Waals surface area contributed by atoms with E-state index in [0.29, 0.717) is 35.9 Å². The average Bonchev–Trinajstić information content (AvgIpc) is 3.37. The normalized spacial score (nSPS) is 23.0. The molecule has 1 aromatic carbocycles. The zero-order valence-electron chi connectivity index (χ0n) is 21.6. The molecule has 8 heteroatoms. The first-order chi connectivity index (χ1) is 17.8. The van der Waals surface area contributed by atoms with Crippen molar-refractivity contribution in [1.82, 2.24) is 10.2 Å². The van der Waals surface area contributed by atoms with Crippen LogP contribution in [-0.2, 0) is 32.1 Å². The molecule has 1 saturated heterocycles. The maximum atomic E-state index is 14.0. The largest absolute Gasteiger partial charge is 0.465 e. The summed E-state index contributed by atoms with van der Waals surface area (Å²) in [6.07, 6.45) is 6.55. The van der Waals surface area contributed by atoms with E-state index < -0.39 is 17.3 Å². The molecule has 2 aromatic rings. The second-order valence-electron chi connectivity index (χ2n) is 9.79. The third-order valence-electron chi connectivity index (χ3n) is 7.34. The van der Waals surface area contributed by atoms with Gasteiger partial charge >= 0.3 is 5.97 Å². The fourth-order valence-electron chi connectivity index (χ4n) is 5.51. The van der Waals surface area contributed by atoms with E-state index in [1.807, 2.05) is 49.4 Å². The maximum absolute atomic E-state index is 14.0. The molecule has 1 aliphatic carbocycles. The highest BCUT2D eigenvalue weighted by atomic mass is 35.5. The molecule has 0 saturated carbocycles. The molecule has 7 nitrogen and oxygen atoms in total. The molecule has 2 atom stereocenters. The number of carbonyl (C=O) groups is 3. The molecule has 0 radical (unpaired) electrons. The molecule has 0 bridgehead atoms. The third kappa shape index (κ3) is 5.93. The van der Waals surface area contributed by atoms with E-state index >= 15 is 0 Å². The number of furan rings is 1. The summed E-state index contributed by atoms with van der Waals surface area (Å²) >= 11 is 6.03. The predicted octanol–water partition coefficient (Wildman–Crippen LogP) is 5.35. The molecule has 0 unspecified atom stereocenters. The Bertz CT molecular complexity index is 1160. The molecular weight excluding hydrogens is 492 g/mol. The molecule has 2 heterocycles. The summed E-state index contributed by atoms with van der Waals surface area (Å²) < 4.78 is 11.1. The van der Waals surface area contributed by atoms with E-state index in [9.17, 15) is 14.4 Å². The quantitative estimate of drug-likeness (QED) is 0.445. The molecule has 1 fully saturated rings. The van der Waals surface area contributed by atoms with Crippen LogP contribution >= 0.6 is 11.6 Å². The number of rotatable bonds is 9. The summed E-state index contributed by atoms with van der Waals surface area (Å²) in [6.45, 7) is 4.46. The van der Waals surface area contributed by atoms with Crippen LogP contribution in [0.2, 0.25) is 5.02 Å². The second kappa shape index (κ2) is 12.0. The number of hydrogen-bond acceptors (Lipinski definition) is 5. The lowest BCUT2D eigenvalue weighted by molar-refractivity contribution is -0.158. The average molecular weight is 527 g/mol. The van der Waals surface area contributed by atoms with E-state index in [1.54, 1.807) is 11.8 Å². The summed E-state index contributed by atoms with van der Waals surface area (Å²) in [5.74, 6) is -0.322. The Hall–Kier alpha value is -3.06. The zero-order chi connectivity index (χ0) is 26.4. The van der Waals surface area contributed by atoms with Crippen molar-refractivity contribution < 1.29 is 23.5 Å². The lowest BCUT2D eigenvalue weighted by atomic mass is 9.69. The molecule has 0 spiro atoms. The van der Waals surface area contributed by atoms with Crippen molar-refractivity contribution in [3.8, 4) is 0 Å². The highest BCUT2D eigenvalue weighted by Crippen LogP contribution is 2.52. The van der Waals surface area contributed by atoms with Gasteiger partial charge in [0.15, 0.2) is 0 Å². The summed E-state index contributed by atoms with van der Waals surface area (Å²) in [5.41, 5.74) is 0.580. The number of aryl methyl sites for hydroxylation is 1. The van der Waals surface area contributed by atoms with Gasteiger partial charge in [-0.2, -0.15) is 0 Å². The Morgan fingerprint density at radius 3 is 2.65 bits per heavy atom. The number of hydrogen-bond donors (Lipinski definition) is 1. The first-order valence-electron chi connectivity index (χ1n) is 13.1. The second-order valence-corrected chi connectivity index (χ2v) is 10.2. The number of carbonyl (C=O) groups excluding carboxylic acids is 3. The lowest BCUT2D eigenvalue weighted by Crippen LogP contribution is -2.42. The standard InChI is InChI=1S/C29H35ClN2O5/c1-3-36-28(35)29-16-7-5-4-6-8-25(29)32(17-15-21-10-12-22(30)13-11-21)27(34)24(29)18-26(33)31-19-23-14-9-20(2)37-23/h8-14,24H,3-7,15-19H2,1-2H3,(H,31,33)/b25-8+/t24-,29-/m0/s1. The number of halogens is 1. The Morgan fingerprint density at radius 2 is 1.95 bits per heavy atom. The molecule has 198 valence electrons. The molecule has 2 aliphatic rings. The highest BCUT2D eigenvalue weighted by molar-refractivity contribution is 6.30. The number of ether oxygens (including phenoxy) is 1. The fraction of sp³-hybridized carbons (Fsp3) is 0.483. The summed E-state index contributed by atoms with van der Waals surface area (Å²) in [4.78, 5) is 42.4. The third-order valence-corrected chi connectivity index (χ3v) is 7.59. The van der Waals surface area contributed by atoms with Crippen molar-refractivity contribution >= 4 is 29.4 Å². The van der Waals surface area contributed by atoms with Crippen LogP contribution in [0.4, 0.5) is 0 Å². The van der Waals surface area contributed by atoms with Gasteiger partial charge in [-0.3, -0.25) is 14.4 Å². The predicted molar refractivity (Wildman–Crippen MR) is 141 cm³/mol. The summed E-state index contributed by atoms with van der Waals surface area (Å²) in [7, 11) is 0. The van der Waals surface area contributed by atoms with E-state index in [2.05, 4.69) is 5.32 Å². The SMILES string of the molecule is CCOC(=O)[C@]12CCCCC/C=C\1N(CCc1ccc(Cl)cc1)C(=O)[C@@H]2CC(=O)NCc1ccc(C)o1. The fourth-order valence-corrected chi connectivity index (χ4v) is 5.64. The topological polar surface area (TPSA) is 88.8 Å². The van der Waals surface area contributed by atoms with Gasteiger partial charge in [-0.05, 0) is 69.4 Å². The molecule has 4 rings (SSSR count).